The van der Waals surface area contributed by atoms with Crippen LogP contribution < -0.4 is 5.32 Å². The highest BCUT2D eigenvalue weighted by atomic mass is 16.5. The van der Waals surface area contributed by atoms with Gasteiger partial charge in [0.2, 0.25) is 0 Å². The Kier molecular flexibility index (Phi) is 2.70. The third kappa shape index (κ3) is 1.89. The summed E-state index contributed by atoms with van der Waals surface area (Å²) in [6.45, 7) is 3.53. The minimum Gasteiger partial charge on any atom is -0.394 e. The molecule has 0 saturated carbocycles. The predicted molar refractivity (Wildman–Crippen MR) is 55.1 cm³/mol. The molecule has 0 amide bonds. The number of ether oxygens (including phenoxy) is 1. The molecule has 3 nitrogen and oxygen atoms in total. The molecule has 1 unspecified atom stereocenters. The van der Waals surface area contributed by atoms with Crippen LogP contribution in [0.2, 0.25) is 0 Å². The van der Waals surface area contributed by atoms with Crippen molar-refractivity contribution in [2.45, 2.75) is 26.2 Å². The molecule has 1 aromatic rings. The molecule has 14 heavy (non-hydrogen) atoms. The third-order valence-corrected chi connectivity index (χ3v) is 2.41. The van der Waals surface area contributed by atoms with Gasteiger partial charge in [-0.1, -0.05) is 6.07 Å². The predicted octanol–water partition coefficient (Wildman–Crippen LogP) is 1.51. The summed E-state index contributed by atoms with van der Waals surface area (Å²) in [5.41, 5.74) is 3.57. The monoisotopic (exact) mass is 193 g/mol. The van der Waals surface area contributed by atoms with Crippen molar-refractivity contribution in [3.05, 3.63) is 29.3 Å². The van der Waals surface area contributed by atoms with Crippen LogP contribution in [-0.2, 0) is 18.0 Å². The molecule has 0 aliphatic carbocycles. The molecule has 0 saturated heterocycles. The van der Waals surface area contributed by atoms with E-state index in [-0.39, 0.29) is 12.6 Å². The summed E-state index contributed by atoms with van der Waals surface area (Å²) in [4.78, 5) is 0. The van der Waals surface area contributed by atoms with E-state index in [1.54, 1.807) is 0 Å². The first kappa shape index (κ1) is 9.49. The van der Waals surface area contributed by atoms with Gasteiger partial charge in [0.15, 0.2) is 0 Å². The summed E-state index contributed by atoms with van der Waals surface area (Å²) in [6, 6.07) is 6.29. The molecular weight excluding hydrogens is 178 g/mol. The van der Waals surface area contributed by atoms with Crippen LogP contribution in [0.15, 0.2) is 18.2 Å². The van der Waals surface area contributed by atoms with Crippen LogP contribution in [0.4, 0.5) is 5.69 Å². The first-order chi connectivity index (χ1) is 6.79. The average molecular weight is 193 g/mol. The molecule has 1 atom stereocenters. The Morgan fingerprint density at radius 2 is 2.21 bits per heavy atom. The second-order valence-electron chi connectivity index (χ2n) is 3.70. The van der Waals surface area contributed by atoms with Crippen LogP contribution >= 0.6 is 0 Å². The molecule has 2 N–H and O–H groups in total. The smallest absolute Gasteiger partial charge is 0.0725 e. The second kappa shape index (κ2) is 3.98. The van der Waals surface area contributed by atoms with Gasteiger partial charge in [-0.2, -0.15) is 0 Å². The maximum absolute atomic E-state index is 8.90. The molecule has 1 aliphatic rings. The number of hydrogen-bond acceptors (Lipinski definition) is 3. The largest absolute Gasteiger partial charge is 0.394 e. The zero-order valence-corrected chi connectivity index (χ0v) is 8.29. The molecule has 76 valence electrons. The Labute approximate surface area is 83.7 Å². The van der Waals surface area contributed by atoms with Crippen molar-refractivity contribution in [1.82, 2.24) is 0 Å². The highest BCUT2D eigenvalue weighted by molar-refractivity contribution is 5.49. The number of nitrogens with one attached hydrogen (secondary N) is 1. The Bertz CT molecular complexity index is 325. The van der Waals surface area contributed by atoms with E-state index < -0.39 is 0 Å². The summed E-state index contributed by atoms with van der Waals surface area (Å²) in [6.07, 6.45) is 0. The fourth-order valence-electron chi connectivity index (χ4n) is 1.59. The SMILES string of the molecule is CC(CO)Nc1ccc2c(c1)COC2. The van der Waals surface area contributed by atoms with Crippen LogP contribution in [-0.4, -0.2) is 17.8 Å². The third-order valence-electron chi connectivity index (χ3n) is 2.41. The van der Waals surface area contributed by atoms with Crippen LogP contribution in [0, 0.1) is 0 Å². The number of aliphatic hydroxyl groups excluding tert-OH is 1. The van der Waals surface area contributed by atoms with Crippen LogP contribution in [0.5, 0.6) is 0 Å². The lowest BCUT2D eigenvalue weighted by molar-refractivity contribution is 0.134. The molecule has 0 spiro atoms. The van der Waals surface area contributed by atoms with E-state index in [0.29, 0.717) is 6.61 Å². The van der Waals surface area contributed by atoms with E-state index in [4.69, 9.17) is 9.84 Å². The molecule has 2 rings (SSSR count). The Morgan fingerprint density at radius 3 is 3.00 bits per heavy atom. The van der Waals surface area contributed by atoms with Gasteiger partial charge in [0.1, 0.15) is 0 Å². The molecule has 3 heteroatoms. The second-order valence-corrected chi connectivity index (χ2v) is 3.70. The summed E-state index contributed by atoms with van der Waals surface area (Å²) in [5, 5.41) is 12.1. The first-order valence-corrected chi connectivity index (χ1v) is 4.86. The van der Waals surface area contributed by atoms with E-state index >= 15 is 0 Å². The van der Waals surface area contributed by atoms with Crippen molar-refractivity contribution in [2.75, 3.05) is 11.9 Å². The molecule has 0 bridgehead atoms. The number of benzene rings is 1. The summed E-state index contributed by atoms with van der Waals surface area (Å²) in [7, 11) is 0. The van der Waals surface area contributed by atoms with Crippen molar-refractivity contribution in [1.29, 1.82) is 0 Å². The number of rotatable bonds is 3. The van der Waals surface area contributed by atoms with Crippen LogP contribution in [0.25, 0.3) is 0 Å². The van der Waals surface area contributed by atoms with Crippen LogP contribution in [0.1, 0.15) is 18.1 Å². The van der Waals surface area contributed by atoms with Gasteiger partial charge in [0.25, 0.3) is 0 Å². The zero-order chi connectivity index (χ0) is 9.97. The van der Waals surface area contributed by atoms with E-state index in [2.05, 4.69) is 17.4 Å². The van der Waals surface area contributed by atoms with Gasteiger partial charge < -0.3 is 15.2 Å². The quantitative estimate of drug-likeness (QED) is 0.764. The lowest BCUT2D eigenvalue weighted by Crippen LogP contribution is -2.19. The standard InChI is InChI=1S/C11H15NO2/c1-8(5-13)12-11-3-2-9-6-14-7-10(9)4-11/h2-4,8,12-13H,5-7H2,1H3. The topological polar surface area (TPSA) is 41.5 Å². The number of hydrogen-bond donors (Lipinski definition) is 2. The van der Waals surface area contributed by atoms with Crippen LogP contribution in [0.3, 0.4) is 0 Å². The normalized spacial score (nSPS) is 16.4. The van der Waals surface area contributed by atoms with Crippen molar-refractivity contribution >= 4 is 5.69 Å². The van der Waals surface area contributed by atoms with Crippen molar-refractivity contribution in [3.63, 3.8) is 0 Å². The Balaban J connectivity index is 2.12. The fourth-order valence-corrected chi connectivity index (χ4v) is 1.59. The first-order valence-electron chi connectivity index (χ1n) is 4.86. The Hall–Kier alpha value is -1.06. The number of fused-ring (bicyclic) bond motifs is 1. The molecular formula is C11H15NO2. The summed E-state index contributed by atoms with van der Waals surface area (Å²) >= 11 is 0. The maximum Gasteiger partial charge on any atom is 0.0725 e. The Morgan fingerprint density at radius 1 is 1.43 bits per heavy atom. The summed E-state index contributed by atoms with van der Waals surface area (Å²) in [5.74, 6) is 0. The van der Waals surface area contributed by atoms with Gasteiger partial charge in [0, 0.05) is 11.7 Å². The molecule has 1 aliphatic heterocycles. The minimum atomic E-state index is 0.0929. The maximum atomic E-state index is 8.90. The fraction of sp³-hybridized carbons (Fsp3) is 0.455. The molecule has 1 heterocycles. The van der Waals surface area contributed by atoms with E-state index in [9.17, 15) is 0 Å². The van der Waals surface area contributed by atoms with Gasteiger partial charge in [-0.25, -0.2) is 0 Å². The molecule has 0 aromatic heterocycles. The molecule has 0 fully saturated rings. The van der Waals surface area contributed by atoms with Gasteiger partial charge >= 0.3 is 0 Å². The lowest BCUT2D eigenvalue weighted by Gasteiger charge is -2.12. The van der Waals surface area contributed by atoms with Gasteiger partial charge in [-0.05, 0) is 30.2 Å². The van der Waals surface area contributed by atoms with E-state index in [0.717, 1.165) is 12.3 Å². The zero-order valence-electron chi connectivity index (χ0n) is 8.29. The molecule has 1 aromatic carbocycles. The number of aliphatic hydroxyl groups is 1. The highest BCUT2D eigenvalue weighted by Crippen LogP contribution is 2.23. The minimum absolute atomic E-state index is 0.0929. The van der Waals surface area contributed by atoms with Crippen molar-refractivity contribution < 1.29 is 9.84 Å². The van der Waals surface area contributed by atoms with Gasteiger partial charge in [-0.3, -0.25) is 0 Å². The van der Waals surface area contributed by atoms with Gasteiger partial charge in [-0.15, -0.1) is 0 Å². The highest BCUT2D eigenvalue weighted by Gasteiger charge is 2.11. The van der Waals surface area contributed by atoms with E-state index in [1.165, 1.54) is 11.1 Å². The molecule has 0 radical (unpaired) electrons. The van der Waals surface area contributed by atoms with E-state index in [1.807, 2.05) is 13.0 Å². The van der Waals surface area contributed by atoms with Crippen molar-refractivity contribution in [2.24, 2.45) is 0 Å². The number of anilines is 1. The van der Waals surface area contributed by atoms with Gasteiger partial charge in [0.05, 0.1) is 19.8 Å². The summed E-state index contributed by atoms with van der Waals surface area (Å²) < 4.78 is 5.32. The average Bonchev–Trinajstić information content (AvgIpc) is 2.64. The van der Waals surface area contributed by atoms with Crippen molar-refractivity contribution in [3.8, 4) is 0 Å². The lowest BCUT2D eigenvalue weighted by atomic mass is 10.1.